The third-order valence-electron chi connectivity index (χ3n) is 7.45. The number of aryl methyl sites for hydroxylation is 1. The second-order valence-electron chi connectivity index (χ2n) is 9.46. The monoisotopic (exact) mass is 432 g/mol. The van der Waals surface area contributed by atoms with Crippen LogP contribution >= 0.6 is 0 Å². The predicted octanol–water partition coefficient (Wildman–Crippen LogP) is 1.40. The molecular weight excluding hydrogens is 403 g/mol. The standard InChI is InChI=1S/C22H29FN4O4/c1-10-18-15(21(30)25-22(31)27(18)12-6-7-12)17(24)16(23)19(10)26-8-11-4-2-3-5-14(28)20(29)13(11)9-26/h11-14,20,28-29H,2-9,24H2,1H3,(H,25,30,31). The largest absolute Gasteiger partial charge is 0.396 e. The molecule has 2 heterocycles. The second kappa shape index (κ2) is 7.34. The fourth-order valence-electron chi connectivity index (χ4n) is 5.73. The number of aliphatic hydroxyl groups is 2. The summed E-state index contributed by atoms with van der Waals surface area (Å²) in [7, 11) is 0. The minimum atomic E-state index is -0.857. The number of nitrogens with one attached hydrogen (secondary N) is 1. The maximum Gasteiger partial charge on any atom is 0.329 e. The SMILES string of the molecule is Cc1c(N2CC3CCCCC(O)C(O)C3C2)c(F)c(N)c2c(=O)[nH]c(=O)n(C3CC3)c12. The van der Waals surface area contributed by atoms with Gasteiger partial charge in [0.2, 0.25) is 0 Å². The molecule has 31 heavy (non-hydrogen) atoms. The normalized spacial score (nSPS) is 29.1. The van der Waals surface area contributed by atoms with Gasteiger partial charge in [-0.2, -0.15) is 0 Å². The lowest BCUT2D eigenvalue weighted by Gasteiger charge is -2.30. The molecule has 2 aromatic rings. The van der Waals surface area contributed by atoms with E-state index in [0.717, 1.165) is 32.1 Å². The van der Waals surface area contributed by atoms with Crippen molar-refractivity contribution < 1.29 is 14.6 Å². The van der Waals surface area contributed by atoms with E-state index in [1.165, 1.54) is 0 Å². The van der Waals surface area contributed by atoms with Crippen LogP contribution in [0.4, 0.5) is 15.8 Å². The van der Waals surface area contributed by atoms with Gasteiger partial charge in [0.05, 0.1) is 34.5 Å². The lowest BCUT2D eigenvalue weighted by molar-refractivity contribution is -0.0347. The summed E-state index contributed by atoms with van der Waals surface area (Å²) in [6.07, 6.45) is 3.29. The summed E-state index contributed by atoms with van der Waals surface area (Å²) in [6.45, 7) is 2.65. The summed E-state index contributed by atoms with van der Waals surface area (Å²) in [5.41, 5.74) is 5.89. The van der Waals surface area contributed by atoms with Crippen LogP contribution in [0.3, 0.4) is 0 Å². The lowest BCUT2D eigenvalue weighted by Crippen LogP contribution is -2.39. The number of H-pyrrole nitrogens is 1. The van der Waals surface area contributed by atoms with Crippen LogP contribution in [-0.4, -0.2) is 45.1 Å². The van der Waals surface area contributed by atoms with Gasteiger partial charge in [0.15, 0.2) is 5.82 Å². The molecule has 2 saturated carbocycles. The molecule has 168 valence electrons. The number of halogens is 1. The Balaban J connectivity index is 1.67. The van der Waals surface area contributed by atoms with Crippen molar-refractivity contribution >= 4 is 22.3 Å². The molecule has 5 rings (SSSR count). The summed E-state index contributed by atoms with van der Waals surface area (Å²) in [4.78, 5) is 29.3. The first-order chi connectivity index (χ1) is 14.8. The number of nitrogens with zero attached hydrogens (tertiary/aromatic N) is 2. The molecule has 9 heteroatoms. The lowest BCUT2D eigenvalue weighted by atomic mass is 9.81. The van der Waals surface area contributed by atoms with E-state index in [4.69, 9.17) is 5.73 Å². The zero-order chi connectivity index (χ0) is 22.0. The Bertz CT molecular complexity index is 1160. The van der Waals surface area contributed by atoms with E-state index in [1.54, 1.807) is 11.5 Å². The van der Waals surface area contributed by atoms with Crippen LogP contribution in [0.1, 0.15) is 50.1 Å². The number of anilines is 2. The summed E-state index contributed by atoms with van der Waals surface area (Å²) in [5.74, 6) is -0.706. The molecule has 8 nitrogen and oxygen atoms in total. The third-order valence-corrected chi connectivity index (χ3v) is 7.45. The first-order valence-corrected chi connectivity index (χ1v) is 11.2. The second-order valence-corrected chi connectivity index (χ2v) is 9.46. The zero-order valence-electron chi connectivity index (χ0n) is 17.6. The molecule has 1 saturated heterocycles. The highest BCUT2D eigenvalue weighted by Gasteiger charge is 2.42. The molecule has 3 aliphatic rings. The van der Waals surface area contributed by atoms with Crippen LogP contribution in [0.2, 0.25) is 0 Å². The highest BCUT2D eigenvalue weighted by molar-refractivity contribution is 5.97. The smallest absolute Gasteiger partial charge is 0.329 e. The summed E-state index contributed by atoms with van der Waals surface area (Å²) >= 11 is 0. The Kier molecular flexibility index (Phi) is 4.86. The molecule has 0 amide bonds. The Morgan fingerprint density at radius 2 is 1.81 bits per heavy atom. The molecule has 5 N–H and O–H groups in total. The Morgan fingerprint density at radius 1 is 1.10 bits per heavy atom. The number of aliphatic hydroxyl groups excluding tert-OH is 2. The predicted molar refractivity (Wildman–Crippen MR) is 116 cm³/mol. The van der Waals surface area contributed by atoms with E-state index in [1.807, 2.05) is 4.90 Å². The van der Waals surface area contributed by atoms with Crippen molar-refractivity contribution in [2.75, 3.05) is 23.7 Å². The van der Waals surface area contributed by atoms with Gasteiger partial charge in [-0.15, -0.1) is 0 Å². The minimum absolute atomic E-state index is 0.0194. The van der Waals surface area contributed by atoms with E-state index < -0.39 is 29.3 Å². The molecule has 4 unspecified atom stereocenters. The van der Waals surface area contributed by atoms with Crippen molar-refractivity contribution in [3.8, 4) is 0 Å². The summed E-state index contributed by atoms with van der Waals surface area (Å²) in [5, 5.41) is 21.0. The van der Waals surface area contributed by atoms with Gasteiger partial charge >= 0.3 is 5.69 Å². The van der Waals surface area contributed by atoms with Crippen molar-refractivity contribution in [1.82, 2.24) is 9.55 Å². The minimum Gasteiger partial charge on any atom is -0.396 e. The Hall–Kier alpha value is -2.39. The molecule has 0 spiro atoms. The van der Waals surface area contributed by atoms with Crippen molar-refractivity contribution in [2.45, 2.75) is 63.7 Å². The highest BCUT2D eigenvalue weighted by atomic mass is 19.1. The number of hydrogen-bond donors (Lipinski definition) is 4. The number of hydrogen-bond acceptors (Lipinski definition) is 6. The van der Waals surface area contributed by atoms with Crippen LogP contribution in [0.5, 0.6) is 0 Å². The molecule has 2 aliphatic carbocycles. The molecule has 0 radical (unpaired) electrons. The van der Waals surface area contributed by atoms with Gasteiger partial charge in [0.25, 0.3) is 5.56 Å². The van der Waals surface area contributed by atoms with Gasteiger partial charge < -0.3 is 20.8 Å². The zero-order valence-corrected chi connectivity index (χ0v) is 17.6. The molecule has 0 bridgehead atoms. The van der Waals surface area contributed by atoms with E-state index in [0.29, 0.717) is 30.6 Å². The first-order valence-electron chi connectivity index (χ1n) is 11.2. The van der Waals surface area contributed by atoms with Crippen molar-refractivity contribution in [3.05, 3.63) is 32.2 Å². The maximum atomic E-state index is 15.6. The number of aromatic amines is 1. The molecule has 1 aromatic carbocycles. The van der Waals surface area contributed by atoms with Gasteiger partial charge in [-0.3, -0.25) is 14.3 Å². The van der Waals surface area contributed by atoms with E-state index in [-0.39, 0.29) is 34.6 Å². The van der Waals surface area contributed by atoms with Crippen molar-refractivity contribution in [3.63, 3.8) is 0 Å². The van der Waals surface area contributed by atoms with Gasteiger partial charge in [-0.1, -0.05) is 12.8 Å². The van der Waals surface area contributed by atoms with Gasteiger partial charge in [-0.05, 0) is 38.5 Å². The number of nitrogen functional groups attached to an aromatic ring is 1. The summed E-state index contributed by atoms with van der Waals surface area (Å²) < 4.78 is 17.1. The fraction of sp³-hybridized carbons (Fsp3) is 0.636. The van der Waals surface area contributed by atoms with Crippen molar-refractivity contribution in [1.29, 1.82) is 0 Å². The number of fused-ring (bicyclic) bond motifs is 2. The third kappa shape index (κ3) is 3.17. The number of benzene rings is 1. The molecular formula is C22H29FN4O4. The number of rotatable bonds is 2. The van der Waals surface area contributed by atoms with Gasteiger partial charge in [0, 0.05) is 30.6 Å². The summed E-state index contributed by atoms with van der Waals surface area (Å²) in [6, 6.07) is -0.0200. The fourth-order valence-corrected chi connectivity index (χ4v) is 5.73. The van der Waals surface area contributed by atoms with Crippen LogP contribution in [-0.2, 0) is 0 Å². The topological polar surface area (TPSA) is 125 Å². The number of nitrogens with two attached hydrogens (primary N) is 1. The molecule has 3 fully saturated rings. The maximum absolute atomic E-state index is 15.6. The van der Waals surface area contributed by atoms with Crippen LogP contribution in [0.15, 0.2) is 9.59 Å². The average Bonchev–Trinajstić information content (AvgIpc) is 3.47. The average molecular weight is 432 g/mol. The van der Waals surface area contributed by atoms with Gasteiger partial charge in [0.1, 0.15) is 0 Å². The van der Waals surface area contributed by atoms with Crippen LogP contribution in [0.25, 0.3) is 10.9 Å². The molecule has 1 aromatic heterocycles. The molecule has 1 aliphatic heterocycles. The van der Waals surface area contributed by atoms with E-state index in [9.17, 15) is 19.8 Å². The van der Waals surface area contributed by atoms with Gasteiger partial charge in [-0.25, -0.2) is 9.18 Å². The quantitative estimate of drug-likeness (QED) is 0.532. The van der Waals surface area contributed by atoms with Crippen molar-refractivity contribution in [2.24, 2.45) is 11.8 Å². The van der Waals surface area contributed by atoms with E-state index in [2.05, 4.69) is 4.98 Å². The van der Waals surface area contributed by atoms with Crippen LogP contribution in [0, 0.1) is 24.6 Å². The van der Waals surface area contributed by atoms with E-state index >= 15 is 4.39 Å². The Labute approximate surface area is 178 Å². The highest BCUT2D eigenvalue weighted by Crippen LogP contribution is 2.43. The first kappa shape index (κ1) is 20.5. The molecule has 4 atom stereocenters. The number of aromatic nitrogens is 2. The van der Waals surface area contributed by atoms with Crippen LogP contribution < -0.4 is 21.9 Å². The Morgan fingerprint density at radius 3 is 2.52 bits per heavy atom.